The van der Waals surface area contributed by atoms with Crippen molar-refractivity contribution in [3.05, 3.63) is 33.5 Å². The van der Waals surface area contributed by atoms with Gasteiger partial charge in [0.25, 0.3) is 0 Å². The second-order valence-corrected chi connectivity index (χ2v) is 6.84. The highest BCUT2D eigenvalue weighted by Crippen LogP contribution is 2.21. The van der Waals surface area contributed by atoms with Crippen LogP contribution in [0.15, 0.2) is 27.2 Å². The summed E-state index contributed by atoms with van der Waals surface area (Å²) in [7, 11) is 0. The number of thioether (sulfide) groups is 1. The highest BCUT2D eigenvalue weighted by atomic mass is 32.2. The predicted molar refractivity (Wildman–Crippen MR) is 78.6 cm³/mol. The monoisotopic (exact) mass is 298 g/mol. The SMILES string of the molecule is Cc1csc(SCC(=O)NCCc2cccs2)n1. The van der Waals surface area contributed by atoms with Crippen molar-refractivity contribution in [1.82, 2.24) is 10.3 Å². The Kier molecular flexibility index (Phi) is 5.22. The molecule has 2 heterocycles. The van der Waals surface area contributed by atoms with Gasteiger partial charge in [0.2, 0.25) is 5.91 Å². The summed E-state index contributed by atoms with van der Waals surface area (Å²) in [5, 5.41) is 6.97. The number of nitrogens with zero attached hydrogens (tertiary/aromatic N) is 1. The molecule has 1 N–H and O–H groups in total. The molecule has 0 aliphatic carbocycles. The first kappa shape index (κ1) is 13.6. The lowest BCUT2D eigenvalue weighted by Gasteiger charge is -2.02. The van der Waals surface area contributed by atoms with Gasteiger partial charge < -0.3 is 5.32 Å². The number of rotatable bonds is 6. The van der Waals surface area contributed by atoms with Crippen molar-refractivity contribution < 1.29 is 4.79 Å². The Balaban J connectivity index is 1.63. The van der Waals surface area contributed by atoms with Crippen LogP contribution in [0.5, 0.6) is 0 Å². The molecule has 0 saturated heterocycles. The van der Waals surface area contributed by atoms with E-state index in [1.54, 1.807) is 22.7 Å². The van der Waals surface area contributed by atoms with Crippen LogP contribution in [0.1, 0.15) is 10.6 Å². The number of thiazole rings is 1. The predicted octanol–water partition coefficient (Wildman–Crippen LogP) is 2.96. The Morgan fingerprint density at radius 3 is 3.06 bits per heavy atom. The van der Waals surface area contributed by atoms with Crippen LogP contribution in [-0.2, 0) is 11.2 Å². The molecule has 0 aromatic carbocycles. The van der Waals surface area contributed by atoms with Crippen LogP contribution in [0.2, 0.25) is 0 Å². The second-order valence-electron chi connectivity index (χ2n) is 3.72. The Bertz CT molecular complexity index is 493. The maximum Gasteiger partial charge on any atom is 0.230 e. The summed E-state index contributed by atoms with van der Waals surface area (Å²) in [5.74, 6) is 0.515. The molecular weight excluding hydrogens is 284 g/mol. The van der Waals surface area contributed by atoms with Crippen molar-refractivity contribution in [3.8, 4) is 0 Å². The Morgan fingerprint density at radius 2 is 2.39 bits per heavy atom. The van der Waals surface area contributed by atoms with Crippen LogP contribution in [0.25, 0.3) is 0 Å². The van der Waals surface area contributed by atoms with Crippen LogP contribution in [-0.4, -0.2) is 23.2 Å². The second kappa shape index (κ2) is 6.92. The maximum atomic E-state index is 11.6. The molecule has 96 valence electrons. The van der Waals surface area contributed by atoms with Gasteiger partial charge in [0.15, 0.2) is 4.34 Å². The number of aryl methyl sites for hydroxylation is 1. The number of hydrogen-bond donors (Lipinski definition) is 1. The molecule has 0 radical (unpaired) electrons. The summed E-state index contributed by atoms with van der Waals surface area (Å²) in [6.07, 6.45) is 0.907. The number of thiophene rings is 1. The quantitative estimate of drug-likeness (QED) is 0.834. The van der Waals surface area contributed by atoms with Gasteiger partial charge in [0, 0.05) is 22.5 Å². The van der Waals surface area contributed by atoms with Gasteiger partial charge in [-0.25, -0.2) is 4.98 Å². The normalized spacial score (nSPS) is 10.5. The summed E-state index contributed by atoms with van der Waals surface area (Å²) in [5.41, 5.74) is 1.01. The van der Waals surface area contributed by atoms with Gasteiger partial charge in [0.1, 0.15) is 0 Å². The fourth-order valence-electron chi connectivity index (χ4n) is 1.36. The number of carbonyl (C=O) groups is 1. The molecule has 0 spiro atoms. The molecule has 1 amide bonds. The average Bonchev–Trinajstić information content (AvgIpc) is 2.98. The minimum atomic E-state index is 0.0735. The molecule has 3 nitrogen and oxygen atoms in total. The van der Waals surface area contributed by atoms with Crippen LogP contribution in [0, 0.1) is 6.92 Å². The molecule has 0 saturated carbocycles. The van der Waals surface area contributed by atoms with E-state index in [4.69, 9.17) is 0 Å². The molecule has 0 aliphatic heterocycles. The van der Waals surface area contributed by atoms with E-state index in [9.17, 15) is 4.79 Å². The molecule has 2 rings (SSSR count). The first-order valence-electron chi connectivity index (χ1n) is 5.58. The van der Waals surface area contributed by atoms with E-state index in [1.165, 1.54) is 16.6 Å². The van der Waals surface area contributed by atoms with E-state index in [0.29, 0.717) is 12.3 Å². The Hall–Kier alpha value is -0.850. The molecule has 0 aliphatic rings. The highest BCUT2D eigenvalue weighted by molar-refractivity contribution is 8.01. The molecule has 2 aromatic heterocycles. The standard InChI is InChI=1S/C12H14N2OS3/c1-9-7-17-12(14-9)18-8-11(15)13-5-4-10-3-2-6-16-10/h2-3,6-7H,4-5,8H2,1H3,(H,13,15). The van der Waals surface area contributed by atoms with Gasteiger partial charge in [-0.2, -0.15) is 0 Å². The van der Waals surface area contributed by atoms with Crippen molar-refractivity contribution >= 4 is 40.3 Å². The minimum absolute atomic E-state index is 0.0735. The topological polar surface area (TPSA) is 42.0 Å². The zero-order chi connectivity index (χ0) is 12.8. The fraction of sp³-hybridized carbons (Fsp3) is 0.333. The molecule has 0 unspecified atom stereocenters. The first-order chi connectivity index (χ1) is 8.74. The molecule has 6 heteroatoms. The van der Waals surface area contributed by atoms with Crippen LogP contribution in [0.4, 0.5) is 0 Å². The van der Waals surface area contributed by atoms with Gasteiger partial charge in [-0.3, -0.25) is 4.79 Å². The highest BCUT2D eigenvalue weighted by Gasteiger charge is 2.05. The summed E-state index contributed by atoms with van der Waals surface area (Å²) in [6, 6.07) is 4.12. The zero-order valence-corrected chi connectivity index (χ0v) is 12.5. The van der Waals surface area contributed by atoms with Gasteiger partial charge >= 0.3 is 0 Å². The van der Waals surface area contributed by atoms with Crippen molar-refractivity contribution in [2.24, 2.45) is 0 Å². The molecule has 0 atom stereocenters. The van der Waals surface area contributed by atoms with E-state index in [2.05, 4.69) is 21.7 Å². The smallest absolute Gasteiger partial charge is 0.230 e. The fourth-order valence-corrected chi connectivity index (χ4v) is 3.75. The largest absolute Gasteiger partial charge is 0.355 e. The maximum absolute atomic E-state index is 11.6. The molecule has 0 fully saturated rings. The van der Waals surface area contributed by atoms with Crippen LogP contribution in [0.3, 0.4) is 0 Å². The van der Waals surface area contributed by atoms with Gasteiger partial charge in [0.05, 0.1) is 5.75 Å². The van der Waals surface area contributed by atoms with E-state index in [-0.39, 0.29) is 5.91 Å². The number of aromatic nitrogens is 1. The van der Waals surface area contributed by atoms with Crippen LogP contribution >= 0.6 is 34.4 Å². The van der Waals surface area contributed by atoms with Gasteiger partial charge in [-0.15, -0.1) is 22.7 Å². The third-order valence-corrected chi connectivity index (χ3v) is 5.27. The van der Waals surface area contributed by atoms with Crippen LogP contribution < -0.4 is 5.32 Å². The zero-order valence-electron chi connectivity index (χ0n) is 10.0. The number of nitrogens with one attached hydrogen (secondary N) is 1. The van der Waals surface area contributed by atoms with Crippen molar-refractivity contribution in [1.29, 1.82) is 0 Å². The Morgan fingerprint density at radius 1 is 1.50 bits per heavy atom. The van der Waals surface area contributed by atoms with Gasteiger partial charge in [-0.1, -0.05) is 17.8 Å². The lowest BCUT2D eigenvalue weighted by molar-refractivity contribution is -0.118. The summed E-state index contributed by atoms with van der Waals surface area (Å²) < 4.78 is 0.959. The number of amides is 1. The first-order valence-corrected chi connectivity index (χ1v) is 8.32. The average molecular weight is 298 g/mol. The molecule has 18 heavy (non-hydrogen) atoms. The number of hydrogen-bond acceptors (Lipinski definition) is 5. The summed E-state index contributed by atoms with van der Waals surface area (Å²) >= 11 is 4.80. The summed E-state index contributed by atoms with van der Waals surface area (Å²) in [4.78, 5) is 17.2. The number of carbonyl (C=O) groups excluding carboxylic acids is 1. The molecule has 0 bridgehead atoms. The van der Waals surface area contributed by atoms with Gasteiger partial charge in [-0.05, 0) is 24.8 Å². The molecule has 2 aromatic rings. The van der Waals surface area contributed by atoms with E-state index in [0.717, 1.165) is 16.5 Å². The van der Waals surface area contributed by atoms with E-state index in [1.807, 2.05) is 18.4 Å². The third-order valence-electron chi connectivity index (χ3n) is 2.20. The van der Waals surface area contributed by atoms with E-state index < -0.39 is 0 Å². The third kappa shape index (κ3) is 4.44. The lowest BCUT2D eigenvalue weighted by Crippen LogP contribution is -2.27. The van der Waals surface area contributed by atoms with Crippen molar-refractivity contribution in [2.45, 2.75) is 17.7 Å². The lowest BCUT2D eigenvalue weighted by atomic mass is 10.3. The van der Waals surface area contributed by atoms with E-state index >= 15 is 0 Å². The molecular formula is C12H14N2OS3. The van der Waals surface area contributed by atoms with Crippen molar-refractivity contribution in [2.75, 3.05) is 12.3 Å². The summed E-state index contributed by atoms with van der Waals surface area (Å²) in [6.45, 7) is 2.67. The minimum Gasteiger partial charge on any atom is -0.355 e. The Labute approximate surface area is 119 Å². The van der Waals surface area contributed by atoms with Crippen molar-refractivity contribution in [3.63, 3.8) is 0 Å².